The summed E-state index contributed by atoms with van der Waals surface area (Å²) >= 11 is 0. The number of aromatic nitrogens is 1. The minimum Gasteiger partial charge on any atom is -0.398 e. The smallest absolute Gasteiger partial charge is 0.250 e. The largest absolute Gasteiger partial charge is 0.398 e. The maximum atomic E-state index is 11.5. The zero-order valence-electron chi connectivity index (χ0n) is 10.6. The first-order valence-electron chi connectivity index (χ1n) is 5.77. The number of nitrogens with two attached hydrogens (primary N) is 1. The molecule has 0 saturated carbocycles. The molecule has 5 heteroatoms. The fraction of sp³-hybridized carbons (Fsp3) is 0.583. The van der Waals surface area contributed by atoms with Crippen LogP contribution in [-0.2, 0) is 11.3 Å². The van der Waals surface area contributed by atoms with E-state index in [-0.39, 0.29) is 5.56 Å². The Bertz CT molecular complexity index is 390. The van der Waals surface area contributed by atoms with E-state index in [0.717, 1.165) is 26.1 Å². The van der Waals surface area contributed by atoms with Crippen molar-refractivity contribution in [1.82, 2.24) is 9.47 Å². The van der Waals surface area contributed by atoms with Gasteiger partial charge >= 0.3 is 0 Å². The van der Waals surface area contributed by atoms with E-state index >= 15 is 0 Å². The average Bonchev–Trinajstić information content (AvgIpc) is 2.31. The average molecular weight is 239 g/mol. The molecule has 0 amide bonds. The molecule has 2 N–H and O–H groups in total. The molecule has 96 valence electrons. The number of pyridine rings is 1. The van der Waals surface area contributed by atoms with Crippen LogP contribution >= 0.6 is 0 Å². The summed E-state index contributed by atoms with van der Waals surface area (Å²) < 4.78 is 6.65. The topological polar surface area (TPSA) is 60.5 Å². The van der Waals surface area contributed by atoms with Gasteiger partial charge < -0.3 is 19.9 Å². The molecule has 0 aliphatic carbocycles. The highest BCUT2D eigenvalue weighted by atomic mass is 16.5. The second kappa shape index (κ2) is 7.09. The number of anilines is 1. The number of nitrogens with zero attached hydrogens (tertiary/aromatic N) is 2. The van der Waals surface area contributed by atoms with Crippen LogP contribution in [0.15, 0.2) is 23.1 Å². The van der Waals surface area contributed by atoms with Gasteiger partial charge in [-0.3, -0.25) is 4.79 Å². The van der Waals surface area contributed by atoms with Crippen LogP contribution in [0.4, 0.5) is 5.69 Å². The Morgan fingerprint density at radius 3 is 2.88 bits per heavy atom. The molecule has 1 aromatic heterocycles. The highest BCUT2D eigenvalue weighted by molar-refractivity contribution is 5.33. The Kier molecular flexibility index (Phi) is 5.72. The van der Waals surface area contributed by atoms with Crippen LogP contribution in [0.5, 0.6) is 0 Å². The van der Waals surface area contributed by atoms with E-state index in [1.54, 1.807) is 23.9 Å². The molecule has 1 heterocycles. The molecule has 0 aliphatic rings. The van der Waals surface area contributed by atoms with Crippen LogP contribution in [-0.4, -0.2) is 43.3 Å². The molecule has 1 rings (SSSR count). The molecule has 0 saturated heterocycles. The van der Waals surface area contributed by atoms with Crippen LogP contribution in [0.2, 0.25) is 0 Å². The molecule has 0 unspecified atom stereocenters. The summed E-state index contributed by atoms with van der Waals surface area (Å²) in [5.74, 6) is 0. The zero-order chi connectivity index (χ0) is 12.7. The predicted octanol–water partition coefficient (Wildman–Crippen LogP) is 0.399. The molecule has 0 radical (unpaired) electrons. The molecule has 1 aromatic rings. The lowest BCUT2D eigenvalue weighted by Gasteiger charge is -2.16. The fourth-order valence-electron chi connectivity index (χ4n) is 1.59. The van der Waals surface area contributed by atoms with Gasteiger partial charge in [0, 0.05) is 38.1 Å². The zero-order valence-corrected chi connectivity index (χ0v) is 10.6. The summed E-state index contributed by atoms with van der Waals surface area (Å²) in [6, 6.07) is 3.13. The molecule has 5 nitrogen and oxygen atoms in total. The van der Waals surface area contributed by atoms with Crippen molar-refractivity contribution in [2.75, 3.05) is 39.6 Å². The summed E-state index contributed by atoms with van der Waals surface area (Å²) in [7, 11) is 3.74. The molecule has 0 spiro atoms. The minimum absolute atomic E-state index is 0.00116. The van der Waals surface area contributed by atoms with Crippen LogP contribution in [0, 0.1) is 0 Å². The van der Waals surface area contributed by atoms with Crippen molar-refractivity contribution < 1.29 is 4.74 Å². The maximum Gasteiger partial charge on any atom is 0.250 e. The van der Waals surface area contributed by atoms with Gasteiger partial charge in [0.25, 0.3) is 5.56 Å². The van der Waals surface area contributed by atoms with E-state index in [1.165, 1.54) is 6.07 Å². The number of nitrogen functional groups attached to an aromatic ring is 1. The molecular formula is C12H21N3O2. The van der Waals surface area contributed by atoms with Gasteiger partial charge in [0.2, 0.25) is 0 Å². The van der Waals surface area contributed by atoms with Crippen molar-refractivity contribution in [3.63, 3.8) is 0 Å². The summed E-state index contributed by atoms with van der Waals surface area (Å²) in [6.45, 7) is 3.27. The monoisotopic (exact) mass is 239 g/mol. The summed E-state index contributed by atoms with van der Waals surface area (Å²) in [6.07, 6.45) is 2.61. The minimum atomic E-state index is -0.00116. The van der Waals surface area contributed by atoms with Crippen molar-refractivity contribution in [2.45, 2.75) is 13.0 Å². The number of ether oxygens (including phenoxy) is 1. The number of hydrogen-bond acceptors (Lipinski definition) is 4. The van der Waals surface area contributed by atoms with Gasteiger partial charge in [-0.2, -0.15) is 0 Å². The van der Waals surface area contributed by atoms with E-state index in [4.69, 9.17) is 10.5 Å². The quantitative estimate of drug-likeness (QED) is 0.748. The fourth-order valence-corrected chi connectivity index (χ4v) is 1.59. The maximum absolute atomic E-state index is 11.5. The SMILES string of the molecule is COCCN(C)CCCn1cc(N)ccc1=O. The molecule has 0 bridgehead atoms. The predicted molar refractivity (Wildman–Crippen MR) is 69.1 cm³/mol. The first kappa shape index (κ1) is 13.7. The van der Waals surface area contributed by atoms with Crippen molar-refractivity contribution in [2.24, 2.45) is 0 Å². The standard InChI is InChI=1S/C12H21N3O2/c1-14(8-9-17-2)6-3-7-15-10-11(13)4-5-12(15)16/h4-5,10H,3,6-9,13H2,1-2H3. The lowest BCUT2D eigenvalue weighted by atomic mass is 10.3. The van der Waals surface area contributed by atoms with Crippen molar-refractivity contribution in [3.8, 4) is 0 Å². The molecule has 0 aromatic carbocycles. The molecule has 17 heavy (non-hydrogen) atoms. The third-order valence-electron chi connectivity index (χ3n) is 2.62. The number of methoxy groups -OCH3 is 1. The summed E-state index contributed by atoms with van der Waals surface area (Å²) in [4.78, 5) is 13.7. The van der Waals surface area contributed by atoms with Gasteiger partial charge in [-0.1, -0.05) is 0 Å². The van der Waals surface area contributed by atoms with Crippen LogP contribution < -0.4 is 11.3 Å². The highest BCUT2D eigenvalue weighted by Gasteiger charge is 2.00. The van der Waals surface area contributed by atoms with Crippen LogP contribution in [0.3, 0.4) is 0 Å². The van der Waals surface area contributed by atoms with Crippen molar-refractivity contribution in [1.29, 1.82) is 0 Å². The summed E-state index contributed by atoms with van der Waals surface area (Å²) in [5.41, 5.74) is 6.26. The third kappa shape index (κ3) is 5.01. The van der Waals surface area contributed by atoms with E-state index in [0.29, 0.717) is 12.2 Å². The van der Waals surface area contributed by atoms with Gasteiger partial charge in [0.15, 0.2) is 0 Å². The van der Waals surface area contributed by atoms with Gasteiger partial charge in [-0.25, -0.2) is 0 Å². The van der Waals surface area contributed by atoms with E-state index < -0.39 is 0 Å². The van der Waals surface area contributed by atoms with Crippen molar-refractivity contribution in [3.05, 3.63) is 28.7 Å². The first-order chi connectivity index (χ1) is 8.13. The van der Waals surface area contributed by atoms with E-state index in [9.17, 15) is 4.79 Å². The Hall–Kier alpha value is -1.33. The van der Waals surface area contributed by atoms with Crippen LogP contribution in [0.25, 0.3) is 0 Å². The Balaban J connectivity index is 2.35. The second-order valence-electron chi connectivity index (χ2n) is 4.14. The van der Waals surface area contributed by atoms with Gasteiger partial charge in [0.1, 0.15) is 0 Å². The number of likely N-dealkylation sites (N-methyl/N-ethyl adjacent to an activating group) is 1. The normalized spacial score (nSPS) is 11.0. The van der Waals surface area contributed by atoms with Gasteiger partial charge in [-0.15, -0.1) is 0 Å². The second-order valence-corrected chi connectivity index (χ2v) is 4.14. The lowest BCUT2D eigenvalue weighted by molar-refractivity contribution is 0.160. The van der Waals surface area contributed by atoms with Gasteiger partial charge in [0.05, 0.1) is 6.61 Å². The van der Waals surface area contributed by atoms with E-state index in [1.807, 2.05) is 7.05 Å². The molecular weight excluding hydrogens is 218 g/mol. The van der Waals surface area contributed by atoms with E-state index in [2.05, 4.69) is 4.90 Å². The van der Waals surface area contributed by atoms with Crippen LogP contribution in [0.1, 0.15) is 6.42 Å². The first-order valence-corrected chi connectivity index (χ1v) is 5.77. The Morgan fingerprint density at radius 2 is 2.18 bits per heavy atom. The molecule has 0 atom stereocenters. The highest BCUT2D eigenvalue weighted by Crippen LogP contribution is 1.97. The molecule has 0 aliphatic heterocycles. The number of aryl methyl sites for hydroxylation is 1. The Morgan fingerprint density at radius 1 is 1.41 bits per heavy atom. The Labute approximate surface area is 102 Å². The number of hydrogen-bond donors (Lipinski definition) is 1. The summed E-state index contributed by atoms with van der Waals surface area (Å²) in [5, 5.41) is 0. The van der Waals surface area contributed by atoms with Gasteiger partial charge in [-0.05, 0) is 26.1 Å². The molecule has 0 fully saturated rings. The van der Waals surface area contributed by atoms with Crippen molar-refractivity contribution >= 4 is 5.69 Å². The third-order valence-corrected chi connectivity index (χ3v) is 2.62. The lowest BCUT2D eigenvalue weighted by Crippen LogP contribution is -2.26. The number of rotatable bonds is 7.